The van der Waals surface area contributed by atoms with E-state index in [2.05, 4.69) is 29.7 Å². The van der Waals surface area contributed by atoms with Crippen LogP contribution in [0.2, 0.25) is 0 Å². The molecule has 0 bridgehead atoms. The zero-order valence-corrected chi connectivity index (χ0v) is 12.1. The maximum Gasteiger partial charge on any atom is 0.139 e. The molecule has 0 saturated carbocycles. The molecule has 1 atom stereocenters. The molecule has 4 heteroatoms. The molecule has 3 rings (SSSR count). The van der Waals surface area contributed by atoms with Crippen molar-refractivity contribution in [3.05, 3.63) is 29.6 Å². The zero-order chi connectivity index (χ0) is 13.9. The highest BCUT2D eigenvalue weighted by atomic mass is 16.5. The average molecular weight is 273 g/mol. The van der Waals surface area contributed by atoms with Crippen LogP contribution in [0.5, 0.6) is 0 Å². The minimum absolute atomic E-state index is 0.157. The number of aromatic nitrogens is 2. The average Bonchev–Trinajstić information content (AvgIpc) is 2.86. The number of rotatable bonds is 4. The van der Waals surface area contributed by atoms with Gasteiger partial charge < -0.3 is 15.0 Å². The molecule has 108 valence electrons. The lowest BCUT2D eigenvalue weighted by atomic mass is 10.1. The van der Waals surface area contributed by atoms with Crippen molar-refractivity contribution >= 4 is 11.0 Å². The van der Waals surface area contributed by atoms with Gasteiger partial charge >= 0.3 is 0 Å². The number of hydrogen-bond acceptors (Lipinski definition) is 3. The van der Waals surface area contributed by atoms with Gasteiger partial charge in [0.25, 0.3) is 0 Å². The topological polar surface area (TPSA) is 53.1 Å². The Labute approximate surface area is 119 Å². The molecule has 1 fully saturated rings. The smallest absolute Gasteiger partial charge is 0.139 e. The number of imidazole rings is 1. The maximum atomic E-state index is 5.93. The molecule has 20 heavy (non-hydrogen) atoms. The van der Waals surface area contributed by atoms with E-state index in [0.29, 0.717) is 6.54 Å². The first-order valence-electron chi connectivity index (χ1n) is 7.64. The Morgan fingerprint density at radius 1 is 1.40 bits per heavy atom. The van der Waals surface area contributed by atoms with E-state index in [4.69, 9.17) is 15.5 Å². The third-order valence-corrected chi connectivity index (χ3v) is 3.99. The highest BCUT2D eigenvalue weighted by Gasteiger charge is 2.22. The minimum Gasteiger partial charge on any atom is -0.370 e. The van der Waals surface area contributed by atoms with E-state index >= 15 is 0 Å². The molecular formula is C16H23N3O. The van der Waals surface area contributed by atoms with Crippen molar-refractivity contribution in [1.82, 2.24) is 9.55 Å². The molecule has 0 radical (unpaired) electrons. The molecule has 1 unspecified atom stereocenters. The van der Waals surface area contributed by atoms with Gasteiger partial charge in [0.05, 0.1) is 11.0 Å². The fraction of sp³-hybridized carbons (Fsp3) is 0.562. The van der Waals surface area contributed by atoms with Crippen LogP contribution in [-0.4, -0.2) is 16.2 Å². The van der Waals surface area contributed by atoms with Crippen LogP contribution in [0.3, 0.4) is 0 Å². The molecule has 2 heterocycles. The summed E-state index contributed by atoms with van der Waals surface area (Å²) in [5.74, 6) is 1.09. The summed E-state index contributed by atoms with van der Waals surface area (Å²) < 4.78 is 8.25. The lowest BCUT2D eigenvalue weighted by molar-refractivity contribution is 0.00762. The molecule has 0 amide bonds. The highest BCUT2D eigenvalue weighted by molar-refractivity contribution is 5.77. The molecule has 1 aliphatic heterocycles. The lowest BCUT2D eigenvalue weighted by Crippen LogP contribution is -2.16. The summed E-state index contributed by atoms with van der Waals surface area (Å²) in [6.45, 7) is 4.61. The quantitative estimate of drug-likeness (QED) is 0.931. The van der Waals surface area contributed by atoms with Crippen molar-refractivity contribution in [1.29, 1.82) is 0 Å². The summed E-state index contributed by atoms with van der Waals surface area (Å²) in [6, 6.07) is 6.35. The van der Waals surface area contributed by atoms with E-state index in [1.54, 1.807) is 0 Å². The number of nitrogens with zero attached hydrogens (tertiary/aromatic N) is 2. The summed E-state index contributed by atoms with van der Waals surface area (Å²) in [6.07, 6.45) is 4.74. The number of ether oxygens (including phenoxy) is 1. The van der Waals surface area contributed by atoms with E-state index in [9.17, 15) is 0 Å². The Morgan fingerprint density at radius 2 is 2.30 bits per heavy atom. The monoisotopic (exact) mass is 273 g/mol. The minimum atomic E-state index is 0.157. The van der Waals surface area contributed by atoms with Crippen molar-refractivity contribution in [2.45, 2.75) is 51.8 Å². The molecule has 2 aromatic rings. The van der Waals surface area contributed by atoms with E-state index in [1.807, 2.05) is 0 Å². The highest BCUT2D eigenvalue weighted by Crippen LogP contribution is 2.30. The standard InChI is InChI=1S/C16H23N3O/c1-2-8-19-14-7-6-12(11-17)10-13(14)18-16(19)15-5-3-4-9-20-15/h6-7,10,15H,2-5,8-9,11,17H2,1H3. The van der Waals surface area contributed by atoms with Crippen LogP contribution in [0.1, 0.15) is 50.1 Å². The van der Waals surface area contributed by atoms with Gasteiger partial charge in [-0.15, -0.1) is 0 Å². The molecule has 1 aromatic heterocycles. The van der Waals surface area contributed by atoms with Gasteiger partial charge in [-0.3, -0.25) is 0 Å². The summed E-state index contributed by atoms with van der Waals surface area (Å²) in [5.41, 5.74) is 9.11. The van der Waals surface area contributed by atoms with Crippen LogP contribution in [0, 0.1) is 0 Å². The Hall–Kier alpha value is -1.39. The fourth-order valence-electron chi connectivity index (χ4n) is 2.97. The second kappa shape index (κ2) is 5.94. The Bertz CT molecular complexity index is 585. The maximum absolute atomic E-state index is 5.93. The predicted octanol–water partition coefficient (Wildman–Crippen LogP) is 3.15. The van der Waals surface area contributed by atoms with Crippen molar-refractivity contribution < 1.29 is 4.74 Å². The van der Waals surface area contributed by atoms with Crippen LogP contribution >= 0.6 is 0 Å². The number of fused-ring (bicyclic) bond motifs is 1. The van der Waals surface area contributed by atoms with Gasteiger partial charge in [-0.1, -0.05) is 13.0 Å². The normalized spacial score (nSPS) is 19.6. The summed E-state index contributed by atoms with van der Waals surface area (Å²) in [7, 11) is 0. The SMILES string of the molecule is CCCn1c(C2CCCCO2)nc2cc(CN)ccc21. The summed E-state index contributed by atoms with van der Waals surface area (Å²) in [5, 5.41) is 0. The van der Waals surface area contributed by atoms with E-state index in [1.165, 1.54) is 18.4 Å². The van der Waals surface area contributed by atoms with Gasteiger partial charge in [-0.25, -0.2) is 4.98 Å². The van der Waals surface area contributed by atoms with Gasteiger partial charge in [0.1, 0.15) is 11.9 Å². The first kappa shape index (κ1) is 13.6. The summed E-state index contributed by atoms with van der Waals surface area (Å²) >= 11 is 0. The van der Waals surface area contributed by atoms with Crippen molar-refractivity contribution in [2.24, 2.45) is 5.73 Å². The van der Waals surface area contributed by atoms with Crippen molar-refractivity contribution in [3.63, 3.8) is 0 Å². The van der Waals surface area contributed by atoms with Crippen LogP contribution < -0.4 is 5.73 Å². The van der Waals surface area contributed by atoms with E-state index < -0.39 is 0 Å². The van der Waals surface area contributed by atoms with Crippen LogP contribution in [0.25, 0.3) is 11.0 Å². The predicted molar refractivity (Wildman–Crippen MR) is 80.5 cm³/mol. The molecule has 4 nitrogen and oxygen atoms in total. The van der Waals surface area contributed by atoms with Gasteiger partial charge in [0.15, 0.2) is 0 Å². The van der Waals surface area contributed by atoms with Gasteiger partial charge in [-0.2, -0.15) is 0 Å². The van der Waals surface area contributed by atoms with Crippen LogP contribution in [-0.2, 0) is 17.8 Å². The zero-order valence-electron chi connectivity index (χ0n) is 12.1. The largest absolute Gasteiger partial charge is 0.370 e. The van der Waals surface area contributed by atoms with Crippen LogP contribution in [0.15, 0.2) is 18.2 Å². The third kappa shape index (κ3) is 2.45. The Balaban J connectivity index is 2.06. The Morgan fingerprint density at radius 3 is 3.00 bits per heavy atom. The second-order valence-corrected chi connectivity index (χ2v) is 5.50. The number of aryl methyl sites for hydroxylation is 1. The summed E-state index contributed by atoms with van der Waals surface area (Å²) in [4.78, 5) is 4.85. The molecular weight excluding hydrogens is 250 g/mol. The molecule has 0 aliphatic carbocycles. The van der Waals surface area contributed by atoms with E-state index in [0.717, 1.165) is 42.9 Å². The first-order valence-corrected chi connectivity index (χ1v) is 7.64. The first-order chi connectivity index (χ1) is 9.83. The third-order valence-electron chi connectivity index (χ3n) is 3.99. The fourth-order valence-corrected chi connectivity index (χ4v) is 2.97. The molecule has 2 N–H and O–H groups in total. The van der Waals surface area contributed by atoms with Gasteiger partial charge in [0.2, 0.25) is 0 Å². The number of nitrogens with two attached hydrogens (primary N) is 1. The molecule has 0 spiro atoms. The van der Waals surface area contributed by atoms with Crippen molar-refractivity contribution in [2.75, 3.05) is 6.61 Å². The number of benzene rings is 1. The van der Waals surface area contributed by atoms with E-state index in [-0.39, 0.29) is 6.10 Å². The van der Waals surface area contributed by atoms with Gasteiger partial charge in [-0.05, 0) is 43.4 Å². The van der Waals surface area contributed by atoms with Gasteiger partial charge in [0, 0.05) is 19.7 Å². The number of hydrogen-bond donors (Lipinski definition) is 1. The lowest BCUT2D eigenvalue weighted by Gasteiger charge is -2.23. The second-order valence-electron chi connectivity index (χ2n) is 5.50. The Kier molecular flexibility index (Phi) is 4.03. The molecule has 1 aliphatic rings. The molecule has 1 saturated heterocycles. The van der Waals surface area contributed by atoms with Crippen molar-refractivity contribution in [3.8, 4) is 0 Å². The molecule has 1 aromatic carbocycles. The van der Waals surface area contributed by atoms with Crippen LogP contribution in [0.4, 0.5) is 0 Å².